The van der Waals surface area contributed by atoms with E-state index in [0.717, 1.165) is 5.52 Å². The van der Waals surface area contributed by atoms with Crippen molar-refractivity contribution in [3.63, 3.8) is 0 Å². The highest BCUT2D eigenvalue weighted by atomic mass is 35.5. The minimum absolute atomic E-state index is 0.461. The van der Waals surface area contributed by atoms with Gasteiger partial charge in [-0.1, -0.05) is 16.8 Å². The molecule has 4 nitrogen and oxygen atoms in total. The summed E-state index contributed by atoms with van der Waals surface area (Å²) < 4.78 is 1.58. The van der Waals surface area contributed by atoms with E-state index in [1.54, 1.807) is 23.9 Å². The molecule has 0 amide bonds. The van der Waals surface area contributed by atoms with Crippen molar-refractivity contribution in [1.29, 1.82) is 0 Å². The van der Waals surface area contributed by atoms with E-state index >= 15 is 0 Å². The summed E-state index contributed by atoms with van der Waals surface area (Å²) in [5, 5.41) is 8.09. The molecule has 0 fully saturated rings. The minimum Gasteiger partial charge on any atom is -0.230 e. The van der Waals surface area contributed by atoms with E-state index in [4.69, 9.17) is 11.6 Å². The van der Waals surface area contributed by atoms with Crippen molar-refractivity contribution in [3.8, 4) is 0 Å². The average molecular weight is 169 g/mol. The lowest BCUT2D eigenvalue weighted by Gasteiger charge is -1.90. The number of halogens is 1. The zero-order valence-corrected chi connectivity index (χ0v) is 6.58. The maximum atomic E-state index is 5.67. The van der Waals surface area contributed by atoms with E-state index < -0.39 is 0 Å². The molecule has 0 aliphatic carbocycles. The summed E-state index contributed by atoms with van der Waals surface area (Å²) in [6.07, 6.45) is 0. The second-order valence-electron chi connectivity index (χ2n) is 2.19. The Morgan fingerprint density at radius 1 is 1.45 bits per heavy atom. The monoisotopic (exact) mass is 168 g/mol. The van der Waals surface area contributed by atoms with Crippen molar-refractivity contribution in [2.24, 2.45) is 7.05 Å². The molecule has 2 aromatic heterocycles. The number of fused-ring (bicyclic) bond motifs is 1. The third kappa shape index (κ3) is 0.952. The summed E-state index contributed by atoms with van der Waals surface area (Å²) in [4.78, 5) is 4.04. The Morgan fingerprint density at radius 2 is 2.27 bits per heavy atom. The van der Waals surface area contributed by atoms with Crippen LogP contribution in [0.5, 0.6) is 0 Å². The molecule has 5 heteroatoms. The average Bonchev–Trinajstić information content (AvgIpc) is 2.33. The smallest absolute Gasteiger partial charge is 0.179 e. The Hall–Kier alpha value is -1.16. The van der Waals surface area contributed by atoms with Crippen LogP contribution in [0.2, 0.25) is 5.15 Å². The Bertz CT molecular complexity index is 394. The van der Waals surface area contributed by atoms with E-state index in [9.17, 15) is 0 Å². The van der Waals surface area contributed by atoms with Crippen LogP contribution in [-0.2, 0) is 7.05 Å². The molecule has 2 aromatic rings. The second-order valence-corrected chi connectivity index (χ2v) is 2.58. The van der Waals surface area contributed by atoms with Crippen LogP contribution in [0.25, 0.3) is 11.2 Å². The van der Waals surface area contributed by atoms with Gasteiger partial charge < -0.3 is 0 Å². The zero-order chi connectivity index (χ0) is 7.84. The first kappa shape index (κ1) is 6.54. The number of nitrogens with zero attached hydrogens (tertiary/aromatic N) is 4. The minimum atomic E-state index is 0.461. The van der Waals surface area contributed by atoms with Crippen LogP contribution in [0.4, 0.5) is 0 Å². The van der Waals surface area contributed by atoms with Gasteiger partial charge in [0.25, 0.3) is 0 Å². The predicted octanol–water partition coefficient (Wildman–Crippen LogP) is 1.02. The fourth-order valence-corrected chi connectivity index (χ4v) is 1.03. The number of aryl methyl sites for hydroxylation is 1. The molecular formula is C6H5ClN4. The molecule has 0 saturated heterocycles. The van der Waals surface area contributed by atoms with Crippen molar-refractivity contribution in [2.45, 2.75) is 0 Å². The maximum absolute atomic E-state index is 5.67. The molecule has 0 N–H and O–H groups in total. The molecule has 56 valence electrons. The summed E-state index contributed by atoms with van der Waals surface area (Å²) >= 11 is 5.67. The van der Waals surface area contributed by atoms with Crippen LogP contribution >= 0.6 is 11.6 Å². The van der Waals surface area contributed by atoms with Gasteiger partial charge in [-0.15, -0.1) is 5.10 Å². The second kappa shape index (κ2) is 2.17. The Morgan fingerprint density at radius 3 is 3.09 bits per heavy atom. The van der Waals surface area contributed by atoms with Gasteiger partial charge in [-0.3, -0.25) is 0 Å². The normalized spacial score (nSPS) is 10.7. The number of aromatic nitrogens is 4. The molecule has 11 heavy (non-hydrogen) atoms. The summed E-state index contributed by atoms with van der Waals surface area (Å²) in [5.74, 6) is 0. The Labute approximate surface area is 67.8 Å². The first-order valence-corrected chi connectivity index (χ1v) is 3.47. The van der Waals surface area contributed by atoms with Crippen LogP contribution in [-0.4, -0.2) is 20.0 Å². The molecule has 2 rings (SSSR count). The van der Waals surface area contributed by atoms with Gasteiger partial charge in [0, 0.05) is 7.05 Å². The van der Waals surface area contributed by atoms with Crippen LogP contribution in [0, 0.1) is 0 Å². The van der Waals surface area contributed by atoms with E-state index in [1.165, 1.54) is 0 Å². The molecule has 0 aromatic carbocycles. The van der Waals surface area contributed by atoms with Gasteiger partial charge in [0.1, 0.15) is 10.7 Å². The highest BCUT2D eigenvalue weighted by molar-refractivity contribution is 6.29. The third-order valence-corrected chi connectivity index (χ3v) is 1.62. The van der Waals surface area contributed by atoms with Crippen molar-refractivity contribution >= 4 is 22.8 Å². The molecule has 0 bridgehead atoms. The van der Waals surface area contributed by atoms with E-state index in [0.29, 0.717) is 10.8 Å². The third-order valence-electron chi connectivity index (χ3n) is 1.41. The van der Waals surface area contributed by atoms with Gasteiger partial charge in [0.05, 0.1) is 0 Å². The van der Waals surface area contributed by atoms with Gasteiger partial charge in [-0.2, -0.15) is 0 Å². The molecule has 0 spiro atoms. The van der Waals surface area contributed by atoms with Gasteiger partial charge in [0.2, 0.25) is 0 Å². The molecule has 0 saturated carbocycles. The summed E-state index contributed by atoms with van der Waals surface area (Å²) in [6.45, 7) is 0. The highest BCUT2D eigenvalue weighted by Gasteiger charge is 2.01. The standard InChI is InChI=1S/C6H5ClN4/c1-11-6-4(9-10-11)2-3-5(7)8-6/h2-3H,1H3. The molecule has 0 atom stereocenters. The Balaban J connectivity index is 2.87. The van der Waals surface area contributed by atoms with Gasteiger partial charge in [-0.25, -0.2) is 9.67 Å². The summed E-state index contributed by atoms with van der Waals surface area (Å²) in [7, 11) is 1.78. The van der Waals surface area contributed by atoms with Crippen LogP contribution in [0.3, 0.4) is 0 Å². The van der Waals surface area contributed by atoms with Crippen molar-refractivity contribution in [1.82, 2.24) is 20.0 Å². The fourth-order valence-electron chi connectivity index (χ4n) is 0.892. The van der Waals surface area contributed by atoms with E-state index in [-0.39, 0.29) is 0 Å². The fraction of sp³-hybridized carbons (Fsp3) is 0.167. The predicted molar refractivity (Wildman–Crippen MR) is 41.3 cm³/mol. The molecular weight excluding hydrogens is 164 g/mol. The highest BCUT2D eigenvalue weighted by Crippen LogP contribution is 2.10. The lowest BCUT2D eigenvalue weighted by molar-refractivity contribution is 0.730. The number of pyridine rings is 1. The Kier molecular flexibility index (Phi) is 1.29. The van der Waals surface area contributed by atoms with Crippen LogP contribution < -0.4 is 0 Å². The quantitative estimate of drug-likeness (QED) is 0.552. The van der Waals surface area contributed by atoms with Gasteiger partial charge in [-0.05, 0) is 12.1 Å². The number of hydrogen-bond acceptors (Lipinski definition) is 3. The van der Waals surface area contributed by atoms with Crippen molar-refractivity contribution in [3.05, 3.63) is 17.3 Å². The first-order valence-electron chi connectivity index (χ1n) is 3.09. The largest absolute Gasteiger partial charge is 0.230 e. The molecule has 0 radical (unpaired) electrons. The molecule has 0 aliphatic heterocycles. The topological polar surface area (TPSA) is 43.6 Å². The molecule has 0 unspecified atom stereocenters. The SMILES string of the molecule is Cn1nnc2ccc(Cl)nc21. The van der Waals surface area contributed by atoms with E-state index in [2.05, 4.69) is 15.3 Å². The number of hydrogen-bond donors (Lipinski definition) is 0. The molecule has 0 aliphatic rings. The van der Waals surface area contributed by atoms with Crippen molar-refractivity contribution in [2.75, 3.05) is 0 Å². The lowest BCUT2D eigenvalue weighted by Crippen LogP contribution is -1.91. The number of rotatable bonds is 0. The van der Waals surface area contributed by atoms with Gasteiger partial charge in [0.15, 0.2) is 5.65 Å². The van der Waals surface area contributed by atoms with E-state index in [1.807, 2.05) is 0 Å². The maximum Gasteiger partial charge on any atom is 0.179 e. The van der Waals surface area contributed by atoms with Gasteiger partial charge >= 0.3 is 0 Å². The van der Waals surface area contributed by atoms with Crippen LogP contribution in [0.1, 0.15) is 0 Å². The summed E-state index contributed by atoms with van der Waals surface area (Å²) in [6, 6.07) is 3.48. The first-order chi connectivity index (χ1) is 5.27. The lowest BCUT2D eigenvalue weighted by atomic mass is 10.4. The van der Waals surface area contributed by atoms with Crippen molar-refractivity contribution < 1.29 is 0 Å². The van der Waals surface area contributed by atoms with Crippen LogP contribution in [0.15, 0.2) is 12.1 Å². The summed E-state index contributed by atoms with van der Waals surface area (Å²) in [5.41, 5.74) is 1.47. The molecule has 2 heterocycles. The zero-order valence-electron chi connectivity index (χ0n) is 5.82.